The fraction of sp³-hybridized carbons (Fsp3) is 0.143. The van der Waals surface area contributed by atoms with E-state index in [1.807, 2.05) is 49.3 Å². The molecule has 0 bridgehead atoms. The second-order valence-electron chi connectivity index (χ2n) is 6.36. The average Bonchev–Trinajstić information content (AvgIpc) is 2.68. The largest absolute Gasteiger partial charge is 0.378 e. The van der Waals surface area contributed by atoms with Gasteiger partial charge in [-0.15, -0.1) is 0 Å². The number of aryl methyl sites for hydroxylation is 1. The van der Waals surface area contributed by atoms with Gasteiger partial charge in [-0.2, -0.15) is 5.26 Å². The van der Waals surface area contributed by atoms with Gasteiger partial charge in [0.2, 0.25) is 0 Å². The molecule has 1 aromatic heterocycles. The number of hydrogen-bond acceptors (Lipinski definition) is 6. The highest BCUT2D eigenvalue weighted by atomic mass is 16.1. The van der Waals surface area contributed by atoms with Crippen molar-refractivity contribution in [1.82, 2.24) is 9.97 Å². The predicted octanol–water partition coefficient (Wildman–Crippen LogP) is 3.72. The van der Waals surface area contributed by atoms with Gasteiger partial charge in [0.25, 0.3) is 5.91 Å². The normalized spacial score (nSPS) is 10.1. The number of nitrogens with zero attached hydrogens (tertiary/aromatic N) is 4. The molecule has 0 saturated heterocycles. The van der Waals surface area contributed by atoms with Gasteiger partial charge in [-0.05, 0) is 43.3 Å². The molecule has 0 atom stereocenters. The number of amides is 1. The number of carbonyl (C=O) groups is 1. The Labute approximate surface area is 163 Å². The zero-order valence-corrected chi connectivity index (χ0v) is 15.9. The molecule has 0 saturated carbocycles. The zero-order valence-electron chi connectivity index (χ0n) is 15.9. The lowest BCUT2D eigenvalue weighted by molar-refractivity contribution is 0.102. The van der Waals surface area contributed by atoms with Gasteiger partial charge >= 0.3 is 0 Å². The molecule has 0 unspecified atom stereocenters. The second-order valence-corrected chi connectivity index (χ2v) is 6.36. The Morgan fingerprint density at radius 2 is 1.79 bits per heavy atom. The molecule has 0 aliphatic carbocycles. The molecule has 3 aromatic rings. The smallest absolute Gasteiger partial charge is 0.274 e. The number of nitriles is 1. The topological polar surface area (TPSA) is 93.9 Å². The first-order valence-corrected chi connectivity index (χ1v) is 8.67. The average molecular weight is 372 g/mol. The van der Waals surface area contributed by atoms with Crippen molar-refractivity contribution in [3.05, 3.63) is 71.7 Å². The van der Waals surface area contributed by atoms with Crippen LogP contribution in [0.25, 0.3) is 0 Å². The maximum absolute atomic E-state index is 12.6. The molecular weight excluding hydrogens is 352 g/mol. The van der Waals surface area contributed by atoms with Crippen molar-refractivity contribution in [2.24, 2.45) is 0 Å². The van der Waals surface area contributed by atoms with E-state index in [4.69, 9.17) is 0 Å². The molecule has 0 radical (unpaired) electrons. The zero-order chi connectivity index (χ0) is 20.1. The SMILES string of the molecule is Cc1nc(Nc2ccccc2C#N)cc(C(=O)Nc2ccc(N(C)C)cc2)n1. The van der Waals surface area contributed by atoms with Crippen molar-refractivity contribution in [3.63, 3.8) is 0 Å². The van der Waals surface area contributed by atoms with Crippen molar-refractivity contribution in [2.75, 3.05) is 29.6 Å². The lowest BCUT2D eigenvalue weighted by atomic mass is 10.2. The van der Waals surface area contributed by atoms with E-state index < -0.39 is 0 Å². The Balaban J connectivity index is 1.80. The van der Waals surface area contributed by atoms with E-state index in [1.54, 1.807) is 31.2 Å². The molecular formula is C21H20N6O. The third-order valence-electron chi connectivity index (χ3n) is 4.02. The molecule has 0 aliphatic heterocycles. The summed E-state index contributed by atoms with van der Waals surface area (Å²) in [6.45, 7) is 1.71. The minimum atomic E-state index is -0.334. The van der Waals surface area contributed by atoms with Gasteiger partial charge in [0.05, 0.1) is 11.3 Å². The predicted molar refractivity (Wildman–Crippen MR) is 110 cm³/mol. The van der Waals surface area contributed by atoms with Crippen molar-refractivity contribution in [2.45, 2.75) is 6.92 Å². The Morgan fingerprint density at radius 1 is 1.07 bits per heavy atom. The molecule has 3 rings (SSSR count). The molecule has 1 amide bonds. The van der Waals surface area contributed by atoms with Gasteiger partial charge in [-0.25, -0.2) is 9.97 Å². The molecule has 0 aliphatic rings. The highest BCUT2D eigenvalue weighted by Crippen LogP contribution is 2.20. The summed E-state index contributed by atoms with van der Waals surface area (Å²) in [4.78, 5) is 23.1. The summed E-state index contributed by atoms with van der Waals surface area (Å²) < 4.78 is 0. The number of anilines is 4. The first kappa shape index (κ1) is 18.9. The van der Waals surface area contributed by atoms with Crippen molar-refractivity contribution >= 4 is 28.8 Å². The minimum Gasteiger partial charge on any atom is -0.378 e. The van der Waals surface area contributed by atoms with E-state index in [1.165, 1.54) is 0 Å². The monoisotopic (exact) mass is 372 g/mol. The highest BCUT2D eigenvalue weighted by Gasteiger charge is 2.12. The van der Waals surface area contributed by atoms with Crippen LogP contribution in [0.5, 0.6) is 0 Å². The summed E-state index contributed by atoms with van der Waals surface area (Å²) in [6.07, 6.45) is 0. The molecule has 140 valence electrons. The number of para-hydroxylation sites is 1. The molecule has 2 N–H and O–H groups in total. The second kappa shape index (κ2) is 8.18. The van der Waals surface area contributed by atoms with E-state index >= 15 is 0 Å². The highest BCUT2D eigenvalue weighted by molar-refractivity contribution is 6.03. The van der Waals surface area contributed by atoms with E-state index in [0.29, 0.717) is 28.6 Å². The maximum atomic E-state index is 12.6. The van der Waals surface area contributed by atoms with Crippen molar-refractivity contribution < 1.29 is 4.79 Å². The number of aromatic nitrogens is 2. The van der Waals surface area contributed by atoms with Crippen molar-refractivity contribution in [1.29, 1.82) is 5.26 Å². The molecule has 2 aromatic carbocycles. The van der Waals surface area contributed by atoms with Gasteiger partial charge in [0, 0.05) is 31.5 Å². The molecule has 28 heavy (non-hydrogen) atoms. The Hall–Kier alpha value is -3.92. The van der Waals surface area contributed by atoms with Gasteiger partial charge in [0.1, 0.15) is 23.4 Å². The first-order chi connectivity index (χ1) is 13.5. The van der Waals surface area contributed by atoms with Crippen LogP contribution in [0.3, 0.4) is 0 Å². The minimum absolute atomic E-state index is 0.237. The third-order valence-corrected chi connectivity index (χ3v) is 4.02. The van der Waals surface area contributed by atoms with Crippen molar-refractivity contribution in [3.8, 4) is 6.07 Å². The van der Waals surface area contributed by atoms with Crippen LogP contribution in [0.2, 0.25) is 0 Å². The third kappa shape index (κ3) is 4.43. The Morgan fingerprint density at radius 3 is 2.46 bits per heavy atom. The summed E-state index contributed by atoms with van der Waals surface area (Å²) in [5.74, 6) is 0.565. The van der Waals surface area contributed by atoms with E-state index in [9.17, 15) is 10.1 Å². The molecule has 0 spiro atoms. The Bertz CT molecular complexity index is 1040. The summed E-state index contributed by atoms with van der Waals surface area (Å²) in [5.41, 5.74) is 3.07. The number of nitrogens with one attached hydrogen (secondary N) is 2. The fourth-order valence-electron chi connectivity index (χ4n) is 2.61. The fourth-order valence-corrected chi connectivity index (χ4v) is 2.61. The van der Waals surface area contributed by atoms with Gasteiger partial charge < -0.3 is 15.5 Å². The van der Waals surface area contributed by atoms with Crippen LogP contribution in [0, 0.1) is 18.3 Å². The van der Waals surface area contributed by atoms with E-state index in [-0.39, 0.29) is 11.6 Å². The Kier molecular flexibility index (Phi) is 5.51. The lowest BCUT2D eigenvalue weighted by Crippen LogP contribution is -2.15. The van der Waals surface area contributed by atoms with Gasteiger partial charge in [-0.1, -0.05) is 12.1 Å². The standard InChI is InChI=1S/C21H20N6O/c1-14-23-19(21(28)25-16-8-10-17(11-9-16)27(2)3)12-20(24-14)26-18-7-5-4-6-15(18)13-22/h4-12H,1-3H3,(H,25,28)(H,23,24,26). The number of benzene rings is 2. The van der Waals surface area contributed by atoms with E-state index in [2.05, 4.69) is 26.7 Å². The number of rotatable bonds is 5. The van der Waals surface area contributed by atoms with Crippen LogP contribution in [0.1, 0.15) is 21.9 Å². The summed E-state index contributed by atoms with van der Waals surface area (Å²) >= 11 is 0. The number of carbonyl (C=O) groups excluding carboxylic acids is 1. The van der Waals surface area contributed by atoms with Gasteiger partial charge in [-0.3, -0.25) is 4.79 Å². The van der Waals surface area contributed by atoms with Crippen LogP contribution < -0.4 is 15.5 Å². The first-order valence-electron chi connectivity index (χ1n) is 8.67. The van der Waals surface area contributed by atoms with E-state index in [0.717, 1.165) is 5.69 Å². The quantitative estimate of drug-likeness (QED) is 0.709. The van der Waals surface area contributed by atoms with Crippen LogP contribution in [0.4, 0.5) is 22.9 Å². The van der Waals surface area contributed by atoms with Crippen LogP contribution in [-0.4, -0.2) is 30.0 Å². The maximum Gasteiger partial charge on any atom is 0.274 e. The molecule has 1 heterocycles. The summed E-state index contributed by atoms with van der Waals surface area (Å²) in [7, 11) is 3.91. The molecule has 7 heteroatoms. The van der Waals surface area contributed by atoms with Crippen LogP contribution in [0.15, 0.2) is 54.6 Å². The molecule has 7 nitrogen and oxygen atoms in total. The number of hydrogen-bond donors (Lipinski definition) is 2. The molecule has 0 fully saturated rings. The van der Waals surface area contributed by atoms with Crippen LogP contribution in [-0.2, 0) is 0 Å². The lowest BCUT2D eigenvalue weighted by Gasteiger charge is -2.13. The van der Waals surface area contributed by atoms with Crippen LogP contribution >= 0.6 is 0 Å². The summed E-state index contributed by atoms with van der Waals surface area (Å²) in [6, 6.07) is 18.3. The summed E-state index contributed by atoms with van der Waals surface area (Å²) in [5, 5.41) is 15.1. The van der Waals surface area contributed by atoms with Gasteiger partial charge in [0.15, 0.2) is 0 Å².